The summed E-state index contributed by atoms with van der Waals surface area (Å²) in [6.07, 6.45) is 17.2. The Morgan fingerprint density at radius 3 is 1.77 bits per heavy atom. The molecule has 2 aliphatic rings. The molecular formula is C26H34O4. The molecule has 0 amide bonds. The lowest BCUT2D eigenvalue weighted by molar-refractivity contribution is 0.441. The fourth-order valence-corrected chi connectivity index (χ4v) is 4.35. The molecule has 2 aromatic carbocycles. The van der Waals surface area contributed by atoms with Crippen LogP contribution in [0.5, 0.6) is 23.0 Å². The van der Waals surface area contributed by atoms with E-state index in [4.69, 9.17) is 0 Å². The van der Waals surface area contributed by atoms with Crippen molar-refractivity contribution in [1.29, 1.82) is 0 Å². The van der Waals surface area contributed by atoms with Gasteiger partial charge in [0.05, 0.1) is 5.56 Å². The summed E-state index contributed by atoms with van der Waals surface area (Å²) in [6, 6.07) is 6.24. The highest BCUT2D eigenvalue weighted by Gasteiger charge is 2.20. The number of hydrogen-bond acceptors (Lipinski definition) is 4. The predicted octanol–water partition coefficient (Wildman–Crippen LogP) is 6.73. The monoisotopic (exact) mass is 410 g/mol. The van der Waals surface area contributed by atoms with Crippen molar-refractivity contribution in [3.8, 4) is 34.1 Å². The van der Waals surface area contributed by atoms with Crippen molar-refractivity contribution < 1.29 is 20.4 Å². The van der Waals surface area contributed by atoms with Gasteiger partial charge in [0.1, 0.15) is 23.0 Å². The highest BCUT2D eigenvalue weighted by molar-refractivity contribution is 5.84. The fourth-order valence-electron chi connectivity index (χ4n) is 4.35. The minimum atomic E-state index is -0.138. The average Bonchev–Trinajstić information content (AvgIpc) is 2.68. The molecule has 0 heterocycles. The zero-order valence-electron chi connectivity index (χ0n) is 17.7. The van der Waals surface area contributed by atoms with Crippen LogP contribution in [0.25, 0.3) is 11.1 Å². The topological polar surface area (TPSA) is 80.9 Å². The Balaban J connectivity index is 1.92. The second kappa shape index (κ2) is 11.0. The molecule has 4 nitrogen and oxygen atoms in total. The first-order valence-electron chi connectivity index (χ1n) is 11.3. The zero-order valence-corrected chi connectivity index (χ0v) is 17.7. The van der Waals surface area contributed by atoms with Crippen molar-refractivity contribution in [1.82, 2.24) is 0 Å². The van der Waals surface area contributed by atoms with E-state index >= 15 is 0 Å². The van der Waals surface area contributed by atoms with Crippen molar-refractivity contribution in [2.24, 2.45) is 0 Å². The number of aryl methyl sites for hydroxylation is 2. The summed E-state index contributed by atoms with van der Waals surface area (Å²) in [6.45, 7) is 0. The molecule has 162 valence electrons. The van der Waals surface area contributed by atoms with E-state index in [2.05, 4.69) is 12.2 Å². The van der Waals surface area contributed by atoms with Crippen LogP contribution in [0.4, 0.5) is 0 Å². The fraction of sp³-hybridized carbons (Fsp3) is 0.462. The Bertz CT molecular complexity index is 847. The number of benzene rings is 2. The zero-order chi connectivity index (χ0) is 21.3. The Morgan fingerprint density at radius 1 is 0.500 bits per heavy atom. The molecule has 0 fully saturated rings. The van der Waals surface area contributed by atoms with Crippen LogP contribution in [0.1, 0.15) is 75.3 Å². The highest BCUT2D eigenvalue weighted by atomic mass is 16.3. The molecule has 30 heavy (non-hydrogen) atoms. The minimum absolute atomic E-state index is 0.0214. The van der Waals surface area contributed by atoms with Crippen LogP contribution in [-0.2, 0) is 12.8 Å². The summed E-state index contributed by atoms with van der Waals surface area (Å²) in [5.74, 6) is -0.240. The maximum atomic E-state index is 10.7. The molecule has 0 aliphatic heterocycles. The van der Waals surface area contributed by atoms with Crippen LogP contribution < -0.4 is 0 Å². The highest BCUT2D eigenvalue weighted by Crippen LogP contribution is 2.46. The van der Waals surface area contributed by atoms with Crippen molar-refractivity contribution in [2.45, 2.75) is 77.0 Å². The van der Waals surface area contributed by atoms with Crippen LogP contribution in [0, 0.1) is 0 Å². The second-order valence-corrected chi connectivity index (χ2v) is 8.39. The summed E-state index contributed by atoms with van der Waals surface area (Å²) in [7, 11) is 0. The smallest absolute Gasteiger partial charge is 0.127 e. The first kappa shape index (κ1) is 22.1. The molecular weight excluding hydrogens is 376 g/mol. The van der Waals surface area contributed by atoms with Crippen molar-refractivity contribution >= 4 is 0 Å². The molecule has 2 aliphatic carbocycles. The summed E-state index contributed by atoms with van der Waals surface area (Å²) in [5, 5.41) is 41.9. The summed E-state index contributed by atoms with van der Waals surface area (Å²) < 4.78 is 0. The molecule has 4 rings (SSSR count). The van der Waals surface area contributed by atoms with Crippen molar-refractivity contribution in [3.05, 3.63) is 47.5 Å². The van der Waals surface area contributed by atoms with E-state index in [1.54, 1.807) is 18.2 Å². The normalized spacial score (nSPS) is 16.8. The summed E-state index contributed by atoms with van der Waals surface area (Å²) in [4.78, 5) is 0. The molecule has 4 N–H and O–H groups in total. The summed E-state index contributed by atoms with van der Waals surface area (Å²) in [5.41, 5.74) is 2.24. The molecule has 0 saturated heterocycles. The molecule has 0 atom stereocenters. The maximum Gasteiger partial charge on any atom is 0.127 e. The lowest BCUT2D eigenvalue weighted by atomic mass is 9.92. The third kappa shape index (κ3) is 5.94. The van der Waals surface area contributed by atoms with E-state index in [-0.39, 0.29) is 28.6 Å². The second-order valence-electron chi connectivity index (χ2n) is 8.39. The Kier molecular flexibility index (Phi) is 8.06. The average molecular weight is 411 g/mol. The molecule has 2 aromatic rings. The Labute approximate surface area is 179 Å². The molecule has 0 spiro atoms. The molecule has 0 unspecified atom stereocenters. The third-order valence-corrected chi connectivity index (χ3v) is 5.91. The lowest BCUT2D eigenvalue weighted by Gasteiger charge is -2.16. The number of allylic oxidation sites excluding steroid dienone is 2. The number of fused-ring (bicyclic) bond motifs is 14. The van der Waals surface area contributed by atoms with Gasteiger partial charge in [-0.15, -0.1) is 0 Å². The number of aromatic hydroxyl groups is 4. The van der Waals surface area contributed by atoms with E-state index in [1.165, 1.54) is 38.2 Å². The number of phenols is 4. The van der Waals surface area contributed by atoms with Gasteiger partial charge >= 0.3 is 0 Å². The summed E-state index contributed by atoms with van der Waals surface area (Å²) >= 11 is 0. The molecule has 0 radical (unpaired) electrons. The maximum absolute atomic E-state index is 10.7. The predicted molar refractivity (Wildman–Crippen MR) is 121 cm³/mol. The number of rotatable bonds is 0. The largest absolute Gasteiger partial charge is 0.508 e. The van der Waals surface area contributed by atoms with Gasteiger partial charge in [-0.05, 0) is 74.3 Å². The number of phenolic OH excluding ortho intramolecular Hbond substituents is 4. The number of hydrogen-bond donors (Lipinski definition) is 4. The van der Waals surface area contributed by atoms with Crippen LogP contribution in [0.2, 0.25) is 0 Å². The van der Waals surface area contributed by atoms with Crippen molar-refractivity contribution in [2.75, 3.05) is 0 Å². The SMILES string of the molecule is Oc1cc(O)c2c(c1)CCCC=CCCCCCCCCCc1cc(O)c-2c(O)c1. The third-order valence-electron chi connectivity index (χ3n) is 5.91. The first-order valence-corrected chi connectivity index (χ1v) is 11.3. The van der Waals surface area contributed by atoms with Gasteiger partial charge in [0.15, 0.2) is 0 Å². The van der Waals surface area contributed by atoms with Gasteiger partial charge in [-0.3, -0.25) is 0 Å². The van der Waals surface area contributed by atoms with Gasteiger partial charge in [0.25, 0.3) is 0 Å². The van der Waals surface area contributed by atoms with Crippen molar-refractivity contribution in [3.63, 3.8) is 0 Å². The van der Waals surface area contributed by atoms with E-state index < -0.39 is 0 Å². The van der Waals surface area contributed by atoms with Gasteiger partial charge in [0.2, 0.25) is 0 Å². The van der Waals surface area contributed by atoms with E-state index in [0.29, 0.717) is 17.5 Å². The van der Waals surface area contributed by atoms with E-state index in [1.807, 2.05) is 0 Å². The Morgan fingerprint density at radius 2 is 1.07 bits per heavy atom. The van der Waals surface area contributed by atoms with Gasteiger partial charge in [-0.2, -0.15) is 0 Å². The van der Waals surface area contributed by atoms with Crippen LogP contribution >= 0.6 is 0 Å². The molecule has 0 aromatic heterocycles. The Hall–Kier alpha value is -2.62. The van der Waals surface area contributed by atoms with Crippen LogP contribution in [0.15, 0.2) is 36.4 Å². The van der Waals surface area contributed by atoms with Gasteiger partial charge in [-0.25, -0.2) is 0 Å². The van der Waals surface area contributed by atoms with Crippen LogP contribution in [0.3, 0.4) is 0 Å². The first-order chi connectivity index (χ1) is 14.6. The lowest BCUT2D eigenvalue weighted by Crippen LogP contribution is -1.94. The standard InChI is InChI=1S/C26H34O4/c27-21-17-20-14-12-10-8-6-4-2-1-3-5-7-9-11-13-19-15-22(28)26(23(29)16-19)25(20)24(30)18-21/h6,8,15-18,27-30H,1-5,7,9-14H2. The quantitative estimate of drug-likeness (QED) is 0.363. The van der Waals surface area contributed by atoms with Crippen LogP contribution in [-0.4, -0.2) is 20.4 Å². The van der Waals surface area contributed by atoms with Gasteiger partial charge < -0.3 is 20.4 Å². The molecule has 2 bridgehead atoms. The molecule has 4 heteroatoms. The van der Waals surface area contributed by atoms with Gasteiger partial charge in [-0.1, -0.05) is 44.3 Å². The van der Waals surface area contributed by atoms with E-state index in [9.17, 15) is 20.4 Å². The van der Waals surface area contributed by atoms with E-state index in [0.717, 1.165) is 44.1 Å². The molecule has 0 saturated carbocycles. The van der Waals surface area contributed by atoms with Gasteiger partial charge in [0, 0.05) is 11.6 Å². The minimum Gasteiger partial charge on any atom is -0.508 e.